The number of anilines is 2. The summed E-state index contributed by atoms with van der Waals surface area (Å²) in [6, 6.07) is 5.74. The molecule has 0 amide bonds. The third-order valence-corrected chi connectivity index (χ3v) is 2.46. The zero-order valence-electron chi connectivity index (χ0n) is 11.7. The van der Waals surface area contributed by atoms with Crippen molar-refractivity contribution in [2.45, 2.75) is 32.7 Å². The van der Waals surface area contributed by atoms with Gasteiger partial charge in [-0.2, -0.15) is 0 Å². The predicted molar refractivity (Wildman–Crippen MR) is 76.2 cm³/mol. The van der Waals surface area contributed by atoms with Crippen molar-refractivity contribution < 1.29 is 9.47 Å². The van der Waals surface area contributed by atoms with Crippen molar-refractivity contribution in [1.82, 2.24) is 0 Å². The third-order valence-electron chi connectivity index (χ3n) is 2.46. The van der Waals surface area contributed by atoms with Crippen LogP contribution in [0.5, 0.6) is 5.75 Å². The zero-order chi connectivity index (χ0) is 13.6. The summed E-state index contributed by atoms with van der Waals surface area (Å²) in [5.74, 6) is 0.732. The molecule has 0 atom stereocenters. The maximum Gasteiger partial charge on any atom is 0.144 e. The summed E-state index contributed by atoms with van der Waals surface area (Å²) < 4.78 is 10.8. The molecule has 0 heterocycles. The van der Waals surface area contributed by atoms with Crippen molar-refractivity contribution in [2.75, 3.05) is 31.4 Å². The van der Waals surface area contributed by atoms with E-state index in [2.05, 4.69) is 26.1 Å². The molecular formula is C14H24N2O2. The van der Waals surface area contributed by atoms with Gasteiger partial charge < -0.3 is 20.5 Å². The van der Waals surface area contributed by atoms with Gasteiger partial charge >= 0.3 is 0 Å². The fourth-order valence-electron chi connectivity index (χ4n) is 1.74. The quantitative estimate of drug-likeness (QED) is 0.733. The monoisotopic (exact) mass is 252 g/mol. The first-order valence-electron chi connectivity index (χ1n) is 6.28. The van der Waals surface area contributed by atoms with Crippen LogP contribution in [0.4, 0.5) is 11.4 Å². The molecule has 0 aromatic heterocycles. The Kier molecular flexibility index (Phi) is 5.28. The highest BCUT2D eigenvalue weighted by molar-refractivity contribution is 5.62. The van der Waals surface area contributed by atoms with Crippen LogP contribution in [0.3, 0.4) is 0 Å². The number of nitrogens with two attached hydrogens (primary N) is 1. The number of nitrogens with one attached hydrogen (secondary N) is 1. The number of ether oxygens (including phenoxy) is 2. The molecule has 0 fully saturated rings. The first-order valence-corrected chi connectivity index (χ1v) is 6.28. The summed E-state index contributed by atoms with van der Waals surface area (Å²) in [6.07, 6.45) is 0.965. The number of nitrogen functional groups attached to an aromatic ring is 1. The number of methoxy groups -OCH3 is 1. The Morgan fingerprint density at radius 1 is 1.33 bits per heavy atom. The third kappa shape index (κ3) is 4.45. The van der Waals surface area contributed by atoms with E-state index in [9.17, 15) is 0 Å². The van der Waals surface area contributed by atoms with E-state index in [1.54, 1.807) is 7.11 Å². The lowest BCUT2D eigenvalue weighted by Crippen LogP contribution is -2.35. The lowest BCUT2D eigenvalue weighted by atomic mass is 10.1. The maximum absolute atomic E-state index is 5.88. The van der Waals surface area contributed by atoms with E-state index in [1.807, 2.05) is 18.2 Å². The normalized spacial score (nSPS) is 11.3. The number of hydrogen-bond donors (Lipinski definition) is 2. The van der Waals surface area contributed by atoms with Gasteiger partial charge in [0.15, 0.2) is 0 Å². The molecule has 0 unspecified atom stereocenters. The molecule has 0 aliphatic heterocycles. The van der Waals surface area contributed by atoms with E-state index in [1.165, 1.54) is 0 Å². The first kappa shape index (κ1) is 14.6. The molecule has 1 aromatic carbocycles. The molecule has 0 aliphatic rings. The van der Waals surface area contributed by atoms with Gasteiger partial charge in [0.05, 0.1) is 24.4 Å². The van der Waals surface area contributed by atoms with Crippen LogP contribution < -0.4 is 15.8 Å². The van der Waals surface area contributed by atoms with E-state index >= 15 is 0 Å². The molecule has 4 heteroatoms. The highest BCUT2D eigenvalue weighted by atomic mass is 16.5. The molecule has 1 aromatic rings. The molecule has 4 nitrogen and oxygen atoms in total. The minimum atomic E-state index is -0.132. The van der Waals surface area contributed by atoms with E-state index < -0.39 is 0 Å². The van der Waals surface area contributed by atoms with E-state index in [0.717, 1.165) is 17.9 Å². The molecular weight excluding hydrogens is 228 g/mol. The van der Waals surface area contributed by atoms with Crippen LogP contribution in [-0.2, 0) is 4.74 Å². The Bertz CT molecular complexity index is 378. The molecule has 0 radical (unpaired) electrons. The minimum absolute atomic E-state index is 0.132. The molecule has 0 aliphatic carbocycles. The second-order valence-corrected chi connectivity index (χ2v) is 5.04. The van der Waals surface area contributed by atoms with Gasteiger partial charge in [0, 0.05) is 18.9 Å². The molecule has 18 heavy (non-hydrogen) atoms. The zero-order valence-corrected chi connectivity index (χ0v) is 11.7. The molecule has 0 bridgehead atoms. The second kappa shape index (κ2) is 6.50. The van der Waals surface area contributed by atoms with Crippen molar-refractivity contribution >= 4 is 11.4 Å². The average Bonchev–Trinajstić information content (AvgIpc) is 2.29. The fourth-order valence-corrected chi connectivity index (χ4v) is 1.74. The summed E-state index contributed by atoms with van der Waals surface area (Å²) in [5, 5.41) is 3.40. The Morgan fingerprint density at radius 2 is 2.06 bits per heavy atom. The van der Waals surface area contributed by atoms with Crippen LogP contribution in [0.25, 0.3) is 0 Å². The lowest BCUT2D eigenvalue weighted by molar-refractivity contribution is 0.158. The molecule has 3 N–H and O–H groups in total. The van der Waals surface area contributed by atoms with E-state index in [4.69, 9.17) is 15.2 Å². The van der Waals surface area contributed by atoms with E-state index in [-0.39, 0.29) is 5.54 Å². The van der Waals surface area contributed by atoms with Crippen LogP contribution in [0.1, 0.15) is 27.2 Å². The van der Waals surface area contributed by atoms with Crippen molar-refractivity contribution in [3.8, 4) is 5.75 Å². The number of benzene rings is 1. The van der Waals surface area contributed by atoms with Crippen molar-refractivity contribution in [1.29, 1.82) is 0 Å². The van der Waals surface area contributed by atoms with Gasteiger partial charge in [0.1, 0.15) is 5.75 Å². The standard InChI is InChI=1S/C14H24N2O2/c1-5-8-18-13-9-11(6-7-12(13)15)16-14(2,3)10-17-4/h6-7,9,16H,5,8,10,15H2,1-4H3. The SMILES string of the molecule is CCCOc1cc(NC(C)(C)COC)ccc1N. The van der Waals surface area contributed by atoms with Crippen LogP contribution in [0, 0.1) is 0 Å². The topological polar surface area (TPSA) is 56.5 Å². The van der Waals surface area contributed by atoms with Gasteiger partial charge in [-0.1, -0.05) is 6.92 Å². The largest absolute Gasteiger partial charge is 0.491 e. The Labute approximate surface area is 109 Å². The van der Waals surface area contributed by atoms with Crippen molar-refractivity contribution in [3.63, 3.8) is 0 Å². The second-order valence-electron chi connectivity index (χ2n) is 5.04. The van der Waals surface area contributed by atoms with Gasteiger partial charge in [-0.15, -0.1) is 0 Å². The van der Waals surface area contributed by atoms with Crippen LogP contribution in [0.15, 0.2) is 18.2 Å². The summed E-state index contributed by atoms with van der Waals surface area (Å²) in [5.41, 5.74) is 7.39. The summed E-state index contributed by atoms with van der Waals surface area (Å²) in [6.45, 7) is 7.54. The van der Waals surface area contributed by atoms with Crippen molar-refractivity contribution in [2.24, 2.45) is 0 Å². The molecule has 0 saturated carbocycles. The maximum atomic E-state index is 5.88. The van der Waals surface area contributed by atoms with Crippen LogP contribution in [-0.4, -0.2) is 25.9 Å². The number of rotatable bonds is 7. The highest BCUT2D eigenvalue weighted by Crippen LogP contribution is 2.27. The average molecular weight is 252 g/mol. The van der Waals surface area contributed by atoms with Gasteiger partial charge in [-0.05, 0) is 32.4 Å². The van der Waals surface area contributed by atoms with Crippen LogP contribution in [0.2, 0.25) is 0 Å². The highest BCUT2D eigenvalue weighted by Gasteiger charge is 2.17. The lowest BCUT2D eigenvalue weighted by Gasteiger charge is -2.27. The molecule has 0 saturated heterocycles. The van der Waals surface area contributed by atoms with Gasteiger partial charge in [-0.3, -0.25) is 0 Å². The predicted octanol–water partition coefficient (Wildman–Crippen LogP) is 2.89. The summed E-state index contributed by atoms with van der Waals surface area (Å²) in [7, 11) is 1.70. The Morgan fingerprint density at radius 3 is 2.67 bits per heavy atom. The fraction of sp³-hybridized carbons (Fsp3) is 0.571. The summed E-state index contributed by atoms with van der Waals surface area (Å²) in [4.78, 5) is 0. The van der Waals surface area contributed by atoms with Gasteiger partial charge in [0.2, 0.25) is 0 Å². The molecule has 0 spiro atoms. The number of hydrogen-bond acceptors (Lipinski definition) is 4. The van der Waals surface area contributed by atoms with E-state index in [0.29, 0.717) is 18.9 Å². The summed E-state index contributed by atoms with van der Waals surface area (Å²) >= 11 is 0. The van der Waals surface area contributed by atoms with Crippen LogP contribution >= 0.6 is 0 Å². The molecule has 1 rings (SSSR count). The first-order chi connectivity index (χ1) is 8.48. The Balaban J connectivity index is 2.78. The molecule has 102 valence electrons. The minimum Gasteiger partial charge on any atom is -0.491 e. The van der Waals surface area contributed by atoms with Gasteiger partial charge in [0.25, 0.3) is 0 Å². The van der Waals surface area contributed by atoms with Crippen molar-refractivity contribution in [3.05, 3.63) is 18.2 Å². The van der Waals surface area contributed by atoms with Gasteiger partial charge in [-0.25, -0.2) is 0 Å². The smallest absolute Gasteiger partial charge is 0.144 e. The Hall–Kier alpha value is -1.42.